The lowest BCUT2D eigenvalue weighted by Gasteiger charge is -2.20. The van der Waals surface area contributed by atoms with Crippen LogP contribution in [0.25, 0.3) is 11.4 Å². The molecule has 1 aliphatic heterocycles. The number of nitrogens with zero attached hydrogens (tertiary/aromatic N) is 3. The minimum Gasteiger partial charge on any atom is -0.497 e. The Morgan fingerprint density at radius 2 is 1.84 bits per heavy atom. The molecule has 4 rings (SSSR count). The van der Waals surface area contributed by atoms with Gasteiger partial charge in [0.15, 0.2) is 0 Å². The van der Waals surface area contributed by atoms with Crippen molar-refractivity contribution in [3.63, 3.8) is 0 Å². The number of carbonyl (C=O) groups is 1. The van der Waals surface area contributed by atoms with E-state index < -0.39 is 11.7 Å². The number of hydrogen-bond acceptors (Lipinski definition) is 6. The number of methoxy groups -OCH3 is 2. The number of alkyl halides is 3. The highest BCUT2D eigenvalue weighted by molar-refractivity contribution is 5.98. The van der Waals surface area contributed by atoms with E-state index in [1.807, 2.05) is 0 Å². The zero-order valence-corrected chi connectivity index (χ0v) is 16.6. The van der Waals surface area contributed by atoms with E-state index in [0.29, 0.717) is 22.7 Å². The fourth-order valence-electron chi connectivity index (χ4n) is 3.44. The SMILES string of the molecule is COc1ccc(OC)c(N2CC(c3nc(-c4ccc(C(F)(F)F)cc4)no3)CC2=O)c1. The lowest BCUT2D eigenvalue weighted by molar-refractivity contribution is -0.137. The summed E-state index contributed by atoms with van der Waals surface area (Å²) in [5, 5.41) is 3.86. The Morgan fingerprint density at radius 3 is 2.48 bits per heavy atom. The van der Waals surface area contributed by atoms with Crippen molar-refractivity contribution in [3.8, 4) is 22.9 Å². The quantitative estimate of drug-likeness (QED) is 0.597. The molecule has 1 aromatic heterocycles. The first kappa shape index (κ1) is 20.7. The molecule has 1 atom stereocenters. The fourth-order valence-corrected chi connectivity index (χ4v) is 3.44. The molecule has 0 bridgehead atoms. The number of rotatable bonds is 5. The van der Waals surface area contributed by atoms with Gasteiger partial charge in [0.1, 0.15) is 11.5 Å². The fraction of sp³-hybridized carbons (Fsp3) is 0.286. The summed E-state index contributed by atoms with van der Waals surface area (Å²) in [6, 6.07) is 9.64. The number of amides is 1. The van der Waals surface area contributed by atoms with E-state index in [4.69, 9.17) is 14.0 Å². The van der Waals surface area contributed by atoms with Crippen LogP contribution in [0.15, 0.2) is 47.0 Å². The van der Waals surface area contributed by atoms with Gasteiger partial charge in [-0.1, -0.05) is 17.3 Å². The first-order valence-electron chi connectivity index (χ1n) is 9.33. The normalized spacial score (nSPS) is 16.6. The molecule has 0 N–H and O–H groups in total. The molecule has 31 heavy (non-hydrogen) atoms. The molecular formula is C21H18F3N3O4. The van der Waals surface area contributed by atoms with Gasteiger partial charge in [0, 0.05) is 24.6 Å². The minimum absolute atomic E-state index is 0.147. The number of benzene rings is 2. The van der Waals surface area contributed by atoms with Gasteiger partial charge in [-0.3, -0.25) is 4.79 Å². The maximum Gasteiger partial charge on any atom is 0.416 e. The molecule has 1 unspecified atom stereocenters. The van der Waals surface area contributed by atoms with E-state index >= 15 is 0 Å². The number of halogens is 3. The second-order valence-electron chi connectivity index (χ2n) is 6.97. The van der Waals surface area contributed by atoms with Crippen LogP contribution in [0.2, 0.25) is 0 Å². The Bertz CT molecular complexity index is 1100. The van der Waals surface area contributed by atoms with E-state index in [0.717, 1.165) is 12.1 Å². The molecule has 162 valence electrons. The third-order valence-electron chi connectivity index (χ3n) is 5.06. The Labute approximate surface area is 175 Å². The summed E-state index contributed by atoms with van der Waals surface area (Å²) >= 11 is 0. The monoisotopic (exact) mass is 433 g/mol. The van der Waals surface area contributed by atoms with Gasteiger partial charge in [0.2, 0.25) is 17.6 Å². The third kappa shape index (κ3) is 4.05. The summed E-state index contributed by atoms with van der Waals surface area (Å²) in [4.78, 5) is 18.5. The number of ether oxygens (including phenoxy) is 2. The molecule has 7 nitrogen and oxygen atoms in total. The highest BCUT2D eigenvalue weighted by Gasteiger charge is 2.36. The van der Waals surface area contributed by atoms with Crippen LogP contribution in [0.5, 0.6) is 11.5 Å². The molecule has 10 heteroatoms. The van der Waals surface area contributed by atoms with Crippen molar-refractivity contribution in [2.24, 2.45) is 0 Å². The van der Waals surface area contributed by atoms with E-state index in [1.54, 1.807) is 23.1 Å². The van der Waals surface area contributed by atoms with Gasteiger partial charge in [-0.15, -0.1) is 0 Å². The van der Waals surface area contributed by atoms with Crippen molar-refractivity contribution >= 4 is 11.6 Å². The van der Waals surface area contributed by atoms with Crippen LogP contribution in [0.3, 0.4) is 0 Å². The molecule has 0 saturated carbocycles. The molecule has 0 aliphatic carbocycles. The predicted molar refractivity (Wildman–Crippen MR) is 104 cm³/mol. The highest BCUT2D eigenvalue weighted by atomic mass is 19.4. The lowest BCUT2D eigenvalue weighted by Crippen LogP contribution is -2.24. The number of hydrogen-bond donors (Lipinski definition) is 0. The van der Waals surface area contributed by atoms with E-state index in [2.05, 4.69) is 10.1 Å². The van der Waals surface area contributed by atoms with Crippen LogP contribution >= 0.6 is 0 Å². The zero-order chi connectivity index (χ0) is 22.2. The van der Waals surface area contributed by atoms with Gasteiger partial charge >= 0.3 is 6.18 Å². The Morgan fingerprint density at radius 1 is 1.10 bits per heavy atom. The topological polar surface area (TPSA) is 77.7 Å². The molecule has 2 aromatic carbocycles. The summed E-state index contributed by atoms with van der Waals surface area (Å²) in [5.74, 6) is 0.992. The van der Waals surface area contributed by atoms with Crippen molar-refractivity contribution in [3.05, 3.63) is 53.9 Å². The summed E-state index contributed by atoms with van der Waals surface area (Å²) in [6.07, 6.45) is -4.27. The lowest BCUT2D eigenvalue weighted by atomic mass is 10.1. The number of aromatic nitrogens is 2. The van der Waals surface area contributed by atoms with Crippen LogP contribution < -0.4 is 14.4 Å². The molecule has 2 heterocycles. The Balaban J connectivity index is 1.55. The van der Waals surface area contributed by atoms with Gasteiger partial charge in [-0.05, 0) is 24.3 Å². The predicted octanol–water partition coefficient (Wildman–Crippen LogP) is 4.29. The molecule has 0 radical (unpaired) electrons. The molecule has 1 aliphatic rings. The standard InChI is InChI=1S/C21H18F3N3O4/c1-29-15-7-8-17(30-2)16(10-15)27-11-13(9-18(27)28)20-25-19(26-31-20)12-3-5-14(6-4-12)21(22,23)24/h3-8,10,13H,9,11H2,1-2H3. The van der Waals surface area contributed by atoms with Crippen molar-refractivity contribution < 1.29 is 32.0 Å². The smallest absolute Gasteiger partial charge is 0.416 e. The van der Waals surface area contributed by atoms with E-state index in [1.165, 1.54) is 26.4 Å². The zero-order valence-electron chi connectivity index (χ0n) is 16.6. The van der Waals surface area contributed by atoms with Crippen LogP contribution in [0.1, 0.15) is 23.8 Å². The summed E-state index contributed by atoms with van der Waals surface area (Å²) in [6.45, 7) is 0.289. The van der Waals surface area contributed by atoms with Crippen LogP contribution in [-0.4, -0.2) is 36.8 Å². The molecule has 3 aromatic rings. The molecule has 0 spiro atoms. The third-order valence-corrected chi connectivity index (χ3v) is 5.06. The first-order chi connectivity index (χ1) is 14.8. The summed E-state index contributed by atoms with van der Waals surface area (Å²) in [5.41, 5.74) is 0.194. The Hall–Kier alpha value is -3.56. The van der Waals surface area contributed by atoms with Gasteiger partial charge in [0.25, 0.3) is 0 Å². The first-order valence-corrected chi connectivity index (χ1v) is 9.33. The summed E-state index contributed by atoms with van der Waals surface area (Å²) < 4.78 is 54.1. The molecule has 1 fully saturated rings. The molecular weight excluding hydrogens is 415 g/mol. The van der Waals surface area contributed by atoms with Crippen molar-refractivity contribution in [1.82, 2.24) is 10.1 Å². The van der Waals surface area contributed by atoms with Crippen molar-refractivity contribution in [1.29, 1.82) is 0 Å². The van der Waals surface area contributed by atoms with Gasteiger partial charge in [0.05, 0.1) is 31.4 Å². The maximum absolute atomic E-state index is 12.7. The van der Waals surface area contributed by atoms with Crippen molar-refractivity contribution in [2.75, 3.05) is 25.7 Å². The second kappa shape index (κ2) is 7.93. The van der Waals surface area contributed by atoms with Gasteiger partial charge in [-0.2, -0.15) is 18.2 Å². The number of anilines is 1. The maximum atomic E-state index is 12.7. The van der Waals surface area contributed by atoms with E-state index in [9.17, 15) is 18.0 Å². The highest BCUT2D eigenvalue weighted by Crippen LogP contribution is 2.38. The number of carbonyl (C=O) groups excluding carboxylic acids is 1. The van der Waals surface area contributed by atoms with Gasteiger partial charge in [-0.25, -0.2) is 0 Å². The second-order valence-corrected chi connectivity index (χ2v) is 6.97. The largest absolute Gasteiger partial charge is 0.497 e. The van der Waals surface area contributed by atoms with Crippen LogP contribution in [0.4, 0.5) is 18.9 Å². The molecule has 1 saturated heterocycles. The average molecular weight is 433 g/mol. The van der Waals surface area contributed by atoms with Crippen LogP contribution in [0, 0.1) is 0 Å². The van der Waals surface area contributed by atoms with Crippen LogP contribution in [-0.2, 0) is 11.0 Å². The average Bonchev–Trinajstić information content (AvgIpc) is 3.39. The van der Waals surface area contributed by atoms with E-state index in [-0.39, 0.29) is 36.5 Å². The minimum atomic E-state index is -4.42. The summed E-state index contributed by atoms with van der Waals surface area (Å²) in [7, 11) is 3.04. The molecule has 1 amide bonds. The van der Waals surface area contributed by atoms with Gasteiger partial charge < -0.3 is 18.9 Å². The van der Waals surface area contributed by atoms with Crippen molar-refractivity contribution in [2.45, 2.75) is 18.5 Å². The Kier molecular flexibility index (Phi) is 5.30.